The van der Waals surface area contributed by atoms with Crippen molar-refractivity contribution in [2.75, 3.05) is 26.2 Å². The van der Waals surface area contributed by atoms with Crippen LogP contribution in [0.25, 0.3) is 0 Å². The van der Waals surface area contributed by atoms with E-state index in [1.807, 2.05) is 0 Å². The molecule has 0 aromatic carbocycles. The molecule has 6 heteroatoms. The van der Waals surface area contributed by atoms with Crippen LogP contribution in [-0.4, -0.2) is 55.3 Å². The van der Waals surface area contributed by atoms with E-state index >= 15 is 0 Å². The Bertz CT molecular complexity index is 377. The average molecular weight is 289 g/mol. The molecule has 0 saturated carbocycles. The summed E-state index contributed by atoms with van der Waals surface area (Å²) in [5.74, 6) is 0. The molecular formula is C13H27N3O2S. The monoisotopic (exact) mass is 289 g/mol. The highest BCUT2D eigenvalue weighted by Gasteiger charge is 2.37. The maximum Gasteiger partial charge on any atom is 0.282 e. The third-order valence-electron chi connectivity index (χ3n) is 4.02. The average Bonchev–Trinajstić information content (AvgIpc) is 2.91. The van der Waals surface area contributed by atoms with E-state index in [-0.39, 0.29) is 6.04 Å². The van der Waals surface area contributed by atoms with Gasteiger partial charge in [0.1, 0.15) is 0 Å². The van der Waals surface area contributed by atoms with Gasteiger partial charge in [-0.1, -0.05) is 20.3 Å². The molecule has 0 aromatic rings. The third kappa shape index (κ3) is 3.68. The summed E-state index contributed by atoms with van der Waals surface area (Å²) in [6, 6.07) is 0.528. The Morgan fingerprint density at radius 1 is 1.11 bits per heavy atom. The van der Waals surface area contributed by atoms with E-state index in [4.69, 9.17) is 0 Å². The van der Waals surface area contributed by atoms with Gasteiger partial charge in [-0.2, -0.15) is 17.0 Å². The maximum absolute atomic E-state index is 12.7. The maximum atomic E-state index is 12.7. The van der Waals surface area contributed by atoms with Crippen LogP contribution in [0.4, 0.5) is 0 Å². The first-order valence-electron chi connectivity index (χ1n) is 7.52. The minimum absolute atomic E-state index is 0.127. The molecule has 1 unspecified atom stereocenters. The summed E-state index contributed by atoms with van der Waals surface area (Å²) in [7, 11) is -3.23. The van der Waals surface area contributed by atoms with Crippen molar-refractivity contribution in [3.63, 3.8) is 0 Å². The second-order valence-corrected chi connectivity index (χ2v) is 7.82. The highest BCUT2D eigenvalue weighted by atomic mass is 32.2. The first kappa shape index (κ1) is 15.2. The van der Waals surface area contributed by atoms with Crippen LogP contribution in [0.3, 0.4) is 0 Å². The van der Waals surface area contributed by atoms with E-state index in [0.29, 0.717) is 25.7 Å². The summed E-state index contributed by atoms with van der Waals surface area (Å²) in [6.07, 6.45) is 5.11. The Balaban J connectivity index is 2.05. The minimum Gasteiger partial charge on any atom is -0.313 e. The van der Waals surface area contributed by atoms with Crippen LogP contribution in [0.15, 0.2) is 0 Å². The van der Waals surface area contributed by atoms with Crippen LogP contribution >= 0.6 is 0 Å². The van der Waals surface area contributed by atoms with Gasteiger partial charge in [0.15, 0.2) is 0 Å². The predicted molar refractivity (Wildman–Crippen MR) is 77.2 cm³/mol. The SMILES string of the molecule is CC(C)NCC1CCCCN1S(=O)(=O)N1CCCC1. The summed E-state index contributed by atoms with van der Waals surface area (Å²) in [5.41, 5.74) is 0. The van der Waals surface area contributed by atoms with Crippen molar-refractivity contribution in [3.05, 3.63) is 0 Å². The minimum atomic E-state index is -3.23. The van der Waals surface area contributed by atoms with E-state index < -0.39 is 10.2 Å². The van der Waals surface area contributed by atoms with Crippen LogP contribution < -0.4 is 5.32 Å². The van der Waals surface area contributed by atoms with E-state index in [2.05, 4.69) is 19.2 Å². The normalized spacial score (nSPS) is 27.2. The Hall–Kier alpha value is -0.170. The Kier molecular flexibility index (Phi) is 5.22. The lowest BCUT2D eigenvalue weighted by molar-refractivity contribution is 0.227. The van der Waals surface area contributed by atoms with Gasteiger partial charge in [-0.25, -0.2) is 0 Å². The van der Waals surface area contributed by atoms with Crippen molar-refractivity contribution in [2.45, 2.75) is 58.0 Å². The number of hydrogen-bond donors (Lipinski definition) is 1. The molecule has 1 N–H and O–H groups in total. The van der Waals surface area contributed by atoms with E-state index in [0.717, 1.165) is 38.6 Å². The fraction of sp³-hybridized carbons (Fsp3) is 1.00. The molecule has 5 nitrogen and oxygen atoms in total. The molecule has 0 spiro atoms. The van der Waals surface area contributed by atoms with Crippen molar-refractivity contribution in [1.29, 1.82) is 0 Å². The topological polar surface area (TPSA) is 52.7 Å². The van der Waals surface area contributed by atoms with Crippen LogP contribution in [0.2, 0.25) is 0 Å². The second kappa shape index (κ2) is 6.52. The molecule has 0 amide bonds. The number of piperidine rings is 1. The lowest BCUT2D eigenvalue weighted by Gasteiger charge is -2.37. The smallest absolute Gasteiger partial charge is 0.282 e. The molecule has 2 rings (SSSR count). The van der Waals surface area contributed by atoms with E-state index in [9.17, 15) is 8.42 Å². The number of nitrogens with zero attached hydrogens (tertiary/aromatic N) is 2. The van der Waals surface area contributed by atoms with Gasteiger partial charge in [-0.15, -0.1) is 0 Å². The van der Waals surface area contributed by atoms with Gasteiger partial charge in [0.25, 0.3) is 10.2 Å². The zero-order valence-electron chi connectivity index (χ0n) is 12.1. The predicted octanol–water partition coefficient (Wildman–Crippen LogP) is 1.18. The van der Waals surface area contributed by atoms with E-state index in [1.54, 1.807) is 8.61 Å². The zero-order chi connectivity index (χ0) is 13.9. The molecule has 0 bridgehead atoms. The molecule has 112 valence electrons. The molecule has 2 saturated heterocycles. The van der Waals surface area contributed by atoms with Gasteiger partial charge in [-0.3, -0.25) is 0 Å². The van der Waals surface area contributed by atoms with Gasteiger partial charge in [0, 0.05) is 38.3 Å². The van der Waals surface area contributed by atoms with Gasteiger partial charge in [-0.05, 0) is 25.7 Å². The van der Waals surface area contributed by atoms with Crippen molar-refractivity contribution < 1.29 is 8.42 Å². The van der Waals surface area contributed by atoms with Crippen LogP contribution in [-0.2, 0) is 10.2 Å². The quantitative estimate of drug-likeness (QED) is 0.827. The number of hydrogen-bond acceptors (Lipinski definition) is 3. The van der Waals surface area contributed by atoms with Crippen molar-refractivity contribution in [2.24, 2.45) is 0 Å². The fourth-order valence-electron chi connectivity index (χ4n) is 2.92. The summed E-state index contributed by atoms with van der Waals surface area (Å²) in [6.45, 7) is 7.05. The van der Waals surface area contributed by atoms with Crippen molar-refractivity contribution >= 4 is 10.2 Å². The molecule has 2 aliphatic rings. The Morgan fingerprint density at radius 3 is 2.37 bits per heavy atom. The number of rotatable bonds is 5. The van der Waals surface area contributed by atoms with Gasteiger partial charge in [0.2, 0.25) is 0 Å². The molecule has 0 aliphatic carbocycles. The van der Waals surface area contributed by atoms with Crippen LogP contribution in [0.1, 0.15) is 46.0 Å². The van der Waals surface area contributed by atoms with Gasteiger partial charge >= 0.3 is 0 Å². The highest BCUT2D eigenvalue weighted by Crippen LogP contribution is 2.24. The molecule has 2 fully saturated rings. The molecule has 19 heavy (non-hydrogen) atoms. The summed E-state index contributed by atoms with van der Waals surface area (Å²) in [4.78, 5) is 0. The van der Waals surface area contributed by atoms with Gasteiger partial charge in [0.05, 0.1) is 0 Å². The first-order valence-corrected chi connectivity index (χ1v) is 8.92. The highest BCUT2D eigenvalue weighted by molar-refractivity contribution is 7.86. The molecule has 2 heterocycles. The van der Waals surface area contributed by atoms with Crippen molar-refractivity contribution in [1.82, 2.24) is 13.9 Å². The first-order chi connectivity index (χ1) is 9.01. The van der Waals surface area contributed by atoms with Gasteiger partial charge < -0.3 is 5.32 Å². The molecular weight excluding hydrogens is 262 g/mol. The lowest BCUT2D eigenvalue weighted by atomic mass is 10.0. The van der Waals surface area contributed by atoms with Crippen LogP contribution in [0.5, 0.6) is 0 Å². The summed E-state index contributed by atoms with van der Waals surface area (Å²) < 4.78 is 28.7. The standard InChI is InChI=1S/C13H27N3O2S/c1-12(2)14-11-13-7-3-4-10-16(13)19(17,18)15-8-5-6-9-15/h12-14H,3-11H2,1-2H3. The number of nitrogens with one attached hydrogen (secondary N) is 1. The molecule has 2 aliphatic heterocycles. The van der Waals surface area contributed by atoms with Crippen molar-refractivity contribution in [3.8, 4) is 0 Å². The lowest BCUT2D eigenvalue weighted by Crippen LogP contribution is -2.53. The fourth-order valence-corrected chi connectivity index (χ4v) is 4.85. The second-order valence-electron chi connectivity index (χ2n) is 5.94. The van der Waals surface area contributed by atoms with Crippen LogP contribution in [0, 0.1) is 0 Å². The molecule has 1 atom stereocenters. The summed E-state index contributed by atoms with van der Waals surface area (Å²) >= 11 is 0. The zero-order valence-corrected chi connectivity index (χ0v) is 13.0. The summed E-state index contributed by atoms with van der Waals surface area (Å²) in [5, 5.41) is 3.38. The Morgan fingerprint density at radius 2 is 1.74 bits per heavy atom. The Labute approximate surface area is 117 Å². The molecule has 0 radical (unpaired) electrons. The van der Waals surface area contributed by atoms with E-state index in [1.165, 1.54) is 0 Å². The largest absolute Gasteiger partial charge is 0.313 e. The molecule has 0 aromatic heterocycles. The third-order valence-corrected chi connectivity index (χ3v) is 6.11.